The monoisotopic (exact) mass is 283 g/mol. The number of aromatic nitrogens is 4. The lowest BCUT2D eigenvalue weighted by molar-refractivity contribution is 0.724. The quantitative estimate of drug-likeness (QED) is 0.872. The molecule has 0 fully saturated rings. The van der Waals surface area contributed by atoms with Crippen molar-refractivity contribution in [1.29, 1.82) is 0 Å². The molecule has 0 aliphatic heterocycles. The number of H-pyrrole nitrogens is 1. The predicted octanol–water partition coefficient (Wildman–Crippen LogP) is 0.841. The smallest absolute Gasteiger partial charge is 0.267 e. The highest BCUT2D eigenvalue weighted by Crippen LogP contribution is 2.12. The summed E-state index contributed by atoms with van der Waals surface area (Å²) in [5, 5.41) is 3.07. The zero-order chi connectivity index (χ0) is 11.4. The number of nitrogens with zero attached hydrogens (tertiary/aromatic N) is 3. The average molecular weight is 284 g/mol. The number of aromatic amines is 1. The summed E-state index contributed by atoms with van der Waals surface area (Å²) in [5.74, 6) is 0.545. The Morgan fingerprint density at radius 1 is 1.56 bits per heavy atom. The Morgan fingerprint density at radius 2 is 2.44 bits per heavy atom. The first-order valence-corrected chi connectivity index (χ1v) is 5.49. The molecule has 0 saturated heterocycles. The second kappa shape index (κ2) is 4.93. The van der Waals surface area contributed by atoms with Crippen LogP contribution in [0.2, 0.25) is 0 Å². The third kappa shape index (κ3) is 2.48. The van der Waals surface area contributed by atoms with E-state index in [1.807, 2.05) is 10.8 Å². The summed E-state index contributed by atoms with van der Waals surface area (Å²) in [4.78, 5) is 21.7. The van der Waals surface area contributed by atoms with Gasteiger partial charge in [-0.2, -0.15) is 0 Å². The lowest BCUT2D eigenvalue weighted by Crippen LogP contribution is -2.15. The number of rotatable bonds is 4. The fourth-order valence-electron chi connectivity index (χ4n) is 1.23. The van der Waals surface area contributed by atoms with Crippen molar-refractivity contribution in [2.75, 3.05) is 11.9 Å². The van der Waals surface area contributed by atoms with Crippen LogP contribution in [0.3, 0.4) is 0 Å². The van der Waals surface area contributed by atoms with Crippen LogP contribution in [0, 0.1) is 0 Å². The fraction of sp³-hybridized carbons (Fsp3) is 0.222. The van der Waals surface area contributed by atoms with Crippen molar-refractivity contribution in [3.8, 4) is 0 Å². The second-order valence-electron chi connectivity index (χ2n) is 3.12. The molecule has 7 heteroatoms. The van der Waals surface area contributed by atoms with E-state index in [4.69, 9.17) is 0 Å². The molecular weight excluding hydrogens is 274 g/mol. The maximum atomic E-state index is 11.2. The minimum Gasteiger partial charge on any atom is -0.367 e. The summed E-state index contributed by atoms with van der Waals surface area (Å²) in [5.41, 5.74) is -0.194. The Morgan fingerprint density at radius 3 is 3.19 bits per heavy atom. The SMILES string of the molecule is O=c1[nH]cnc(NCCn2ccnc2)c1Br. The lowest BCUT2D eigenvalue weighted by Gasteiger charge is -2.06. The van der Waals surface area contributed by atoms with E-state index in [-0.39, 0.29) is 5.56 Å². The Hall–Kier alpha value is -1.63. The minimum atomic E-state index is -0.194. The van der Waals surface area contributed by atoms with Gasteiger partial charge >= 0.3 is 0 Å². The highest BCUT2D eigenvalue weighted by atomic mass is 79.9. The van der Waals surface area contributed by atoms with Crippen molar-refractivity contribution >= 4 is 21.7 Å². The standard InChI is InChI=1S/C9H10BrN5O/c10-7-8(13-5-14-9(7)16)12-2-4-15-3-1-11-6-15/h1,3,5-6H,2,4H2,(H2,12,13,14,16). The van der Waals surface area contributed by atoms with Crippen molar-refractivity contribution < 1.29 is 0 Å². The molecule has 6 nitrogen and oxygen atoms in total. The number of halogens is 1. The Kier molecular flexibility index (Phi) is 3.35. The maximum absolute atomic E-state index is 11.2. The van der Waals surface area contributed by atoms with Gasteiger partial charge in [0.2, 0.25) is 0 Å². The molecule has 0 radical (unpaired) electrons. The molecule has 2 rings (SSSR count). The van der Waals surface area contributed by atoms with Gasteiger partial charge in [-0.3, -0.25) is 4.79 Å². The van der Waals surface area contributed by atoms with Crippen LogP contribution in [0.15, 0.2) is 34.3 Å². The van der Waals surface area contributed by atoms with Crippen molar-refractivity contribution in [2.45, 2.75) is 6.54 Å². The molecule has 0 aliphatic carbocycles. The molecule has 2 aromatic rings. The molecular formula is C9H10BrN5O. The molecule has 2 aromatic heterocycles. The first-order chi connectivity index (χ1) is 7.77. The molecule has 0 aliphatic rings. The molecule has 84 valence electrons. The van der Waals surface area contributed by atoms with E-state index in [1.165, 1.54) is 6.33 Å². The minimum absolute atomic E-state index is 0.194. The summed E-state index contributed by atoms with van der Waals surface area (Å²) in [6.45, 7) is 1.44. The van der Waals surface area contributed by atoms with E-state index in [2.05, 4.69) is 36.2 Å². The van der Waals surface area contributed by atoms with Crippen LogP contribution >= 0.6 is 15.9 Å². The summed E-state index contributed by atoms with van der Waals surface area (Å²) < 4.78 is 2.36. The molecule has 2 N–H and O–H groups in total. The van der Waals surface area contributed by atoms with Gasteiger partial charge in [0.25, 0.3) is 5.56 Å². The van der Waals surface area contributed by atoms with Crippen LogP contribution in [0.4, 0.5) is 5.82 Å². The highest BCUT2D eigenvalue weighted by Gasteiger charge is 2.03. The number of imidazole rings is 1. The van der Waals surface area contributed by atoms with Crippen LogP contribution in [0.1, 0.15) is 0 Å². The van der Waals surface area contributed by atoms with Gasteiger partial charge in [-0.25, -0.2) is 9.97 Å². The molecule has 16 heavy (non-hydrogen) atoms. The zero-order valence-corrected chi connectivity index (χ0v) is 9.94. The van der Waals surface area contributed by atoms with E-state index < -0.39 is 0 Å². The lowest BCUT2D eigenvalue weighted by atomic mass is 10.5. The van der Waals surface area contributed by atoms with Crippen LogP contribution < -0.4 is 10.9 Å². The molecule has 0 atom stereocenters. The molecule has 0 amide bonds. The van der Waals surface area contributed by atoms with Gasteiger partial charge in [-0.15, -0.1) is 0 Å². The number of hydrogen-bond donors (Lipinski definition) is 2. The number of hydrogen-bond acceptors (Lipinski definition) is 4. The maximum Gasteiger partial charge on any atom is 0.267 e. The summed E-state index contributed by atoms with van der Waals surface area (Å²) in [7, 11) is 0. The molecule has 2 heterocycles. The third-order valence-corrected chi connectivity index (χ3v) is 2.75. The molecule has 0 spiro atoms. The van der Waals surface area contributed by atoms with Gasteiger partial charge in [0.05, 0.1) is 12.7 Å². The van der Waals surface area contributed by atoms with Crippen molar-refractivity contribution in [3.05, 3.63) is 39.9 Å². The molecule has 0 saturated carbocycles. The van der Waals surface area contributed by atoms with Gasteiger partial charge in [-0.1, -0.05) is 0 Å². The van der Waals surface area contributed by atoms with E-state index in [0.29, 0.717) is 16.8 Å². The van der Waals surface area contributed by atoms with Crippen molar-refractivity contribution in [1.82, 2.24) is 19.5 Å². The molecule has 0 aromatic carbocycles. The number of anilines is 1. The zero-order valence-electron chi connectivity index (χ0n) is 8.35. The van der Waals surface area contributed by atoms with Crippen LogP contribution in [0.25, 0.3) is 0 Å². The first-order valence-electron chi connectivity index (χ1n) is 4.70. The second-order valence-corrected chi connectivity index (χ2v) is 3.91. The fourth-order valence-corrected chi connectivity index (χ4v) is 1.59. The van der Waals surface area contributed by atoms with Gasteiger partial charge in [0.1, 0.15) is 10.3 Å². The summed E-state index contributed by atoms with van der Waals surface area (Å²) in [6, 6.07) is 0. The van der Waals surface area contributed by atoms with Crippen LogP contribution in [-0.4, -0.2) is 26.1 Å². The van der Waals surface area contributed by atoms with Gasteiger partial charge in [0.15, 0.2) is 0 Å². The molecule has 0 bridgehead atoms. The third-order valence-electron chi connectivity index (χ3n) is 2.02. The van der Waals surface area contributed by atoms with E-state index in [1.54, 1.807) is 12.5 Å². The summed E-state index contributed by atoms with van der Waals surface area (Å²) >= 11 is 3.17. The Balaban J connectivity index is 1.95. The Labute approximate surface area is 99.9 Å². The van der Waals surface area contributed by atoms with Crippen molar-refractivity contribution in [3.63, 3.8) is 0 Å². The van der Waals surface area contributed by atoms with E-state index in [9.17, 15) is 4.79 Å². The van der Waals surface area contributed by atoms with Crippen LogP contribution in [0.5, 0.6) is 0 Å². The van der Waals surface area contributed by atoms with Crippen molar-refractivity contribution in [2.24, 2.45) is 0 Å². The summed E-state index contributed by atoms with van der Waals surface area (Å²) in [6.07, 6.45) is 6.71. The number of nitrogens with one attached hydrogen (secondary N) is 2. The highest BCUT2D eigenvalue weighted by molar-refractivity contribution is 9.10. The largest absolute Gasteiger partial charge is 0.367 e. The van der Waals surface area contributed by atoms with Gasteiger partial charge in [-0.05, 0) is 15.9 Å². The topological polar surface area (TPSA) is 75.6 Å². The molecule has 0 unspecified atom stereocenters. The van der Waals surface area contributed by atoms with Gasteiger partial charge in [0, 0.05) is 25.5 Å². The van der Waals surface area contributed by atoms with E-state index in [0.717, 1.165) is 6.54 Å². The normalized spacial score (nSPS) is 10.3. The van der Waals surface area contributed by atoms with Gasteiger partial charge < -0.3 is 14.9 Å². The van der Waals surface area contributed by atoms with Crippen LogP contribution in [-0.2, 0) is 6.54 Å². The average Bonchev–Trinajstić information content (AvgIpc) is 2.77. The first kappa shape index (κ1) is 10.9. The van der Waals surface area contributed by atoms with E-state index >= 15 is 0 Å². The Bertz CT molecular complexity index is 507. The predicted molar refractivity (Wildman–Crippen MR) is 63.3 cm³/mol.